The smallest absolute Gasteiger partial charge is 0.319 e. The molecule has 0 aromatic heterocycles. The number of hydrogen-bond donors (Lipinski definition) is 3. The van der Waals surface area contributed by atoms with Crippen molar-refractivity contribution in [2.75, 3.05) is 11.9 Å². The summed E-state index contributed by atoms with van der Waals surface area (Å²) in [6.45, 7) is 2.04. The Kier molecular flexibility index (Phi) is 4.18. The monoisotopic (exact) mass is 296 g/mol. The standard InChI is InChI=1S/C14H17ClN2O3/c1-9-3-4-11(10(15)7-9)17-13(20)16-8-14(12(18)19)5-2-6-14/h3-4,7H,2,5-6,8H2,1H3,(H,18,19)(H2,16,17,20). The molecule has 6 heteroatoms. The third-order valence-electron chi connectivity index (χ3n) is 3.72. The predicted molar refractivity (Wildman–Crippen MR) is 77.1 cm³/mol. The van der Waals surface area contributed by atoms with Gasteiger partial charge in [0.15, 0.2) is 0 Å². The van der Waals surface area contributed by atoms with Crippen molar-refractivity contribution >= 4 is 29.3 Å². The van der Waals surface area contributed by atoms with E-state index in [-0.39, 0.29) is 6.54 Å². The molecule has 0 aliphatic heterocycles. The second-order valence-electron chi connectivity index (χ2n) is 5.23. The average Bonchev–Trinajstić information content (AvgIpc) is 2.31. The van der Waals surface area contributed by atoms with E-state index in [2.05, 4.69) is 10.6 Å². The lowest BCUT2D eigenvalue weighted by atomic mass is 9.69. The van der Waals surface area contributed by atoms with Crippen molar-refractivity contribution in [3.05, 3.63) is 28.8 Å². The molecule has 1 aromatic carbocycles. The lowest BCUT2D eigenvalue weighted by Gasteiger charge is -2.37. The lowest BCUT2D eigenvalue weighted by molar-refractivity contribution is -0.153. The second kappa shape index (κ2) is 5.71. The quantitative estimate of drug-likeness (QED) is 0.799. The molecule has 0 heterocycles. The maximum absolute atomic E-state index is 11.8. The molecule has 3 N–H and O–H groups in total. The fraction of sp³-hybridized carbons (Fsp3) is 0.429. The highest BCUT2D eigenvalue weighted by Gasteiger charge is 2.44. The molecule has 0 unspecified atom stereocenters. The zero-order valence-corrected chi connectivity index (χ0v) is 12.0. The minimum absolute atomic E-state index is 0.137. The molecule has 0 atom stereocenters. The maximum Gasteiger partial charge on any atom is 0.319 e. The minimum atomic E-state index is -0.850. The van der Waals surface area contributed by atoms with Gasteiger partial charge in [0.25, 0.3) is 0 Å². The molecular weight excluding hydrogens is 280 g/mol. The normalized spacial score (nSPS) is 16.1. The van der Waals surface area contributed by atoms with E-state index in [0.717, 1.165) is 12.0 Å². The van der Waals surface area contributed by atoms with E-state index in [4.69, 9.17) is 16.7 Å². The molecule has 0 bridgehead atoms. The van der Waals surface area contributed by atoms with Crippen molar-refractivity contribution in [2.45, 2.75) is 26.2 Å². The van der Waals surface area contributed by atoms with Gasteiger partial charge in [0, 0.05) is 6.54 Å². The number of carbonyl (C=O) groups excluding carboxylic acids is 1. The maximum atomic E-state index is 11.8. The van der Waals surface area contributed by atoms with Gasteiger partial charge in [-0.2, -0.15) is 0 Å². The molecule has 20 heavy (non-hydrogen) atoms. The van der Waals surface area contributed by atoms with Crippen LogP contribution in [0.3, 0.4) is 0 Å². The van der Waals surface area contributed by atoms with E-state index < -0.39 is 17.4 Å². The second-order valence-corrected chi connectivity index (χ2v) is 5.64. The van der Waals surface area contributed by atoms with Gasteiger partial charge in [0.05, 0.1) is 16.1 Å². The number of halogens is 1. The van der Waals surface area contributed by atoms with E-state index in [1.54, 1.807) is 12.1 Å². The SMILES string of the molecule is Cc1ccc(NC(=O)NCC2(C(=O)O)CCC2)c(Cl)c1. The molecule has 1 fully saturated rings. The number of carboxylic acid groups (broad SMARTS) is 1. The van der Waals surface area contributed by atoms with Crippen LogP contribution in [0.2, 0.25) is 5.02 Å². The summed E-state index contributed by atoms with van der Waals surface area (Å²) in [7, 11) is 0. The predicted octanol–water partition coefficient (Wildman–Crippen LogP) is 3.02. The molecule has 0 radical (unpaired) electrons. The van der Waals surface area contributed by atoms with Crippen molar-refractivity contribution in [3.8, 4) is 0 Å². The summed E-state index contributed by atoms with van der Waals surface area (Å²) >= 11 is 6.02. The van der Waals surface area contributed by atoms with Crippen molar-refractivity contribution < 1.29 is 14.7 Å². The van der Waals surface area contributed by atoms with Crippen molar-refractivity contribution in [3.63, 3.8) is 0 Å². The van der Waals surface area contributed by atoms with Crippen LogP contribution >= 0.6 is 11.6 Å². The number of benzene rings is 1. The number of anilines is 1. The highest BCUT2D eigenvalue weighted by Crippen LogP contribution is 2.40. The number of amides is 2. The molecule has 2 amide bonds. The molecule has 5 nitrogen and oxygen atoms in total. The first kappa shape index (κ1) is 14.7. The summed E-state index contributed by atoms with van der Waals surface area (Å²) in [5.74, 6) is -0.850. The molecule has 1 aliphatic carbocycles. The molecule has 1 aliphatic rings. The van der Waals surface area contributed by atoms with Gasteiger partial charge in [0.2, 0.25) is 0 Å². The summed E-state index contributed by atoms with van der Waals surface area (Å²) in [5, 5.41) is 14.9. The van der Waals surface area contributed by atoms with Crippen molar-refractivity contribution in [1.29, 1.82) is 0 Å². The van der Waals surface area contributed by atoms with Crippen LogP contribution in [0.15, 0.2) is 18.2 Å². The lowest BCUT2D eigenvalue weighted by Crippen LogP contribution is -2.48. The Hall–Kier alpha value is -1.75. The average molecular weight is 297 g/mol. The zero-order valence-electron chi connectivity index (χ0n) is 11.2. The van der Waals surface area contributed by atoms with Gasteiger partial charge >= 0.3 is 12.0 Å². The number of carboxylic acids is 1. The third-order valence-corrected chi connectivity index (χ3v) is 4.04. The van der Waals surface area contributed by atoms with Crippen LogP contribution in [0.1, 0.15) is 24.8 Å². The number of aryl methyl sites for hydroxylation is 1. The summed E-state index contributed by atoms with van der Waals surface area (Å²) in [5.41, 5.74) is 0.710. The van der Waals surface area contributed by atoms with E-state index in [9.17, 15) is 9.59 Å². The van der Waals surface area contributed by atoms with Gasteiger partial charge in [-0.25, -0.2) is 4.79 Å². The first-order valence-electron chi connectivity index (χ1n) is 6.47. The van der Waals surface area contributed by atoms with E-state index in [1.807, 2.05) is 13.0 Å². The molecule has 0 spiro atoms. The number of urea groups is 1. The van der Waals surface area contributed by atoms with Crippen LogP contribution in [0, 0.1) is 12.3 Å². The van der Waals surface area contributed by atoms with Gasteiger partial charge in [-0.05, 0) is 37.5 Å². The number of aliphatic carboxylic acids is 1. The molecular formula is C14H17ClN2O3. The Morgan fingerprint density at radius 1 is 1.40 bits per heavy atom. The van der Waals surface area contributed by atoms with Gasteiger partial charge in [-0.1, -0.05) is 24.1 Å². The Bertz CT molecular complexity index is 541. The minimum Gasteiger partial charge on any atom is -0.481 e. The fourth-order valence-electron chi connectivity index (χ4n) is 2.21. The first-order chi connectivity index (χ1) is 9.43. The van der Waals surface area contributed by atoms with Crippen molar-refractivity contribution in [2.24, 2.45) is 5.41 Å². The summed E-state index contributed by atoms with van der Waals surface area (Å²) in [6, 6.07) is 4.87. The highest BCUT2D eigenvalue weighted by molar-refractivity contribution is 6.33. The van der Waals surface area contributed by atoms with Crippen LogP contribution < -0.4 is 10.6 Å². The van der Waals surface area contributed by atoms with E-state index in [0.29, 0.717) is 23.6 Å². The van der Waals surface area contributed by atoms with Crippen LogP contribution in [0.4, 0.5) is 10.5 Å². The van der Waals surface area contributed by atoms with Crippen molar-refractivity contribution in [1.82, 2.24) is 5.32 Å². The largest absolute Gasteiger partial charge is 0.481 e. The molecule has 1 aromatic rings. The Labute approximate surface area is 122 Å². The topological polar surface area (TPSA) is 78.4 Å². The number of hydrogen-bond acceptors (Lipinski definition) is 2. The summed E-state index contributed by atoms with van der Waals surface area (Å²) in [4.78, 5) is 23.0. The summed E-state index contributed by atoms with van der Waals surface area (Å²) < 4.78 is 0. The van der Waals surface area contributed by atoms with Crippen LogP contribution in [-0.2, 0) is 4.79 Å². The van der Waals surface area contributed by atoms with E-state index in [1.165, 1.54) is 0 Å². The molecule has 1 saturated carbocycles. The summed E-state index contributed by atoms with van der Waals surface area (Å²) in [6.07, 6.45) is 2.10. The highest BCUT2D eigenvalue weighted by atomic mass is 35.5. The Balaban J connectivity index is 1.91. The molecule has 108 valence electrons. The van der Waals surface area contributed by atoms with Crippen LogP contribution in [0.25, 0.3) is 0 Å². The van der Waals surface area contributed by atoms with Gasteiger partial charge < -0.3 is 15.7 Å². The Morgan fingerprint density at radius 3 is 2.60 bits per heavy atom. The molecule has 0 saturated heterocycles. The van der Waals surface area contributed by atoms with Gasteiger partial charge in [0.1, 0.15) is 0 Å². The zero-order chi connectivity index (χ0) is 14.8. The number of carbonyl (C=O) groups is 2. The fourth-order valence-corrected chi connectivity index (χ4v) is 2.49. The first-order valence-corrected chi connectivity index (χ1v) is 6.85. The van der Waals surface area contributed by atoms with Crippen LogP contribution in [0.5, 0.6) is 0 Å². The third kappa shape index (κ3) is 3.04. The Morgan fingerprint density at radius 2 is 2.10 bits per heavy atom. The van der Waals surface area contributed by atoms with Gasteiger partial charge in [-0.3, -0.25) is 4.79 Å². The van der Waals surface area contributed by atoms with Gasteiger partial charge in [-0.15, -0.1) is 0 Å². The van der Waals surface area contributed by atoms with E-state index >= 15 is 0 Å². The molecule has 2 rings (SSSR count). The number of rotatable bonds is 4. The van der Waals surface area contributed by atoms with Crippen LogP contribution in [-0.4, -0.2) is 23.7 Å². The number of nitrogens with one attached hydrogen (secondary N) is 2.